The van der Waals surface area contributed by atoms with E-state index in [0.717, 1.165) is 0 Å². The molecule has 3 heterocycles. The lowest BCUT2D eigenvalue weighted by atomic mass is 10.1. The molecule has 1 aliphatic rings. The van der Waals surface area contributed by atoms with Gasteiger partial charge >= 0.3 is 0 Å². The number of sulfone groups is 1. The first-order valence-electron chi connectivity index (χ1n) is 9.04. The lowest BCUT2D eigenvalue weighted by Crippen LogP contribution is -2.42. The van der Waals surface area contributed by atoms with Crippen molar-refractivity contribution in [3.8, 4) is 17.3 Å². The number of methoxy groups -OCH3 is 1. The quantitative estimate of drug-likeness (QED) is 0.573. The number of hydrogen-bond donors (Lipinski definition) is 2. The molecule has 164 valence electrons. The van der Waals surface area contributed by atoms with Crippen molar-refractivity contribution < 1.29 is 32.6 Å². The zero-order valence-electron chi connectivity index (χ0n) is 16.6. The molecule has 12 heteroatoms. The van der Waals surface area contributed by atoms with Gasteiger partial charge in [0.05, 0.1) is 36.3 Å². The Morgan fingerprint density at radius 2 is 2.10 bits per heavy atom. The number of imidazole rings is 1. The molecule has 1 saturated heterocycles. The molecule has 0 aromatic carbocycles. The van der Waals surface area contributed by atoms with Crippen molar-refractivity contribution in [3.05, 3.63) is 30.7 Å². The van der Waals surface area contributed by atoms with E-state index in [0.29, 0.717) is 23.9 Å². The van der Waals surface area contributed by atoms with E-state index in [1.165, 1.54) is 7.11 Å². The molecule has 2 aromatic heterocycles. The normalized spacial score (nSPS) is 19.4. The van der Waals surface area contributed by atoms with Crippen LogP contribution in [-0.2, 0) is 24.2 Å². The van der Waals surface area contributed by atoms with Gasteiger partial charge in [-0.15, -0.1) is 0 Å². The molecule has 1 aliphatic heterocycles. The van der Waals surface area contributed by atoms with Gasteiger partial charge in [-0.2, -0.15) is 0 Å². The highest BCUT2D eigenvalue weighted by Crippen LogP contribution is 2.32. The molecule has 0 saturated carbocycles. The van der Waals surface area contributed by atoms with Crippen LogP contribution in [0.25, 0.3) is 11.4 Å². The van der Waals surface area contributed by atoms with Gasteiger partial charge in [0.25, 0.3) is 6.47 Å². The summed E-state index contributed by atoms with van der Waals surface area (Å²) in [4.78, 5) is 28.9. The summed E-state index contributed by atoms with van der Waals surface area (Å²) in [6, 6.07) is 2.50. The maximum atomic E-state index is 12.3. The van der Waals surface area contributed by atoms with Crippen LogP contribution >= 0.6 is 0 Å². The number of pyridine rings is 1. The van der Waals surface area contributed by atoms with Crippen LogP contribution < -0.4 is 10.1 Å². The zero-order chi connectivity index (χ0) is 22.1. The van der Waals surface area contributed by atoms with Gasteiger partial charge in [-0.3, -0.25) is 9.59 Å². The second-order valence-corrected chi connectivity index (χ2v) is 8.43. The Balaban J connectivity index is 0.00000101. The summed E-state index contributed by atoms with van der Waals surface area (Å²) in [5, 5.41) is 9.67. The van der Waals surface area contributed by atoms with E-state index in [9.17, 15) is 13.2 Å². The summed E-state index contributed by atoms with van der Waals surface area (Å²) in [6.45, 7) is 1.84. The Labute approximate surface area is 174 Å². The van der Waals surface area contributed by atoms with Gasteiger partial charge in [-0.25, -0.2) is 18.4 Å². The number of aromatic nitrogens is 3. The van der Waals surface area contributed by atoms with Crippen LogP contribution in [0.2, 0.25) is 0 Å². The van der Waals surface area contributed by atoms with E-state index < -0.39 is 21.9 Å². The van der Waals surface area contributed by atoms with E-state index in [-0.39, 0.29) is 30.5 Å². The summed E-state index contributed by atoms with van der Waals surface area (Å²) < 4.78 is 36.7. The second kappa shape index (κ2) is 10.7. The van der Waals surface area contributed by atoms with Crippen molar-refractivity contribution in [1.82, 2.24) is 19.9 Å². The third-order valence-corrected chi connectivity index (χ3v) is 6.05. The average Bonchev–Trinajstić information content (AvgIpc) is 3.30. The fourth-order valence-electron chi connectivity index (χ4n) is 3.20. The molecular formula is C18H24N4O7S. The minimum atomic E-state index is -3.30. The fraction of sp³-hybridized carbons (Fsp3) is 0.444. The topological polar surface area (TPSA) is 150 Å². The maximum absolute atomic E-state index is 12.3. The number of carbonyl (C=O) groups excluding carboxylic acids is 1. The highest BCUT2D eigenvalue weighted by atomic mass is 32.2. The smallest absolute Gasteiger partial charge is 0.290 e. The van der Waals surface area contributed by atoms with Gasteiger partial charge in [0.2, 0.25) is 11.8 Å². The van der Waals surface area contributed by atoms with E-state index in [2.05, 4.69) is 15.3 Å². The molecule has 0 spiro atoms. The van der Waals surface area contributed by atoms with Crippen LogP contribution in [-0.4, -0.2) is 78.3 Å². The molecule has 0 bridgehead atoms. The molecular weight excluding hydrogens is 416 g/mol. The third-order valence-electron chi connectivity index (χ3n) is 4.34. The minimum Gasteiger partial charge on any atom is -0.483 e. The fourth-order valence-corrected chi connectivity index (χ4v) is 5.10. The first kappa shape index (κ1) is 23.3. The maximum Gasteiger partial charge on any atom is 0.290 e. The van der Waals surface area contributed by atoms with Crippen molar-refractivity contribution in [2.24, 2.45) is 0 Å². The van der Waals surface area contributed by atoms with Crippen LogP contribution in [0.15, 0.2) is 30.7 Å². The molecule has 0 unspecified atom stereocenters. The summed E-state index contributed by atoms with van der Waals surface area (Å²) in [5.41, 5.74) is 0.647. The summed E-state index contributed by atoms with van der Waals surface area (Å²) >= 11 is 0. The number of ether oxygens (including phenoxy) is 2. The van der Waals surface area contributed by atoms with Crippen LogP contribution in [0.5, 0.6) is 5.88 Å². The zero-order valence-corrected chi connectivity index (χ0v) is 17.4. The predicted molar refractivity (Wildman–Crippen MR) is 107 cm³/mol. The molecule has 2 aromatic rings. The Morgan fingerprint density at radius 1 is 1.37 bits per heavy atom. The second-order valence-electron chi connectivity index (χ2n) is 6.28. The molecule has 0 aliphatic carbocycles. The standard InChI is InChI=1S/C17H22N4O5S.CH2O2/c1-3-26-9-15(22)20-13-10-27(23,24)11-14(13)21-8-7-18-16(21)12-5-4-6-19-17(12)25-2;2-1-3/h4-8,13-14H,3,9-11H2,1-2H3,(H,20,22);1H,(H,2,3)/t13-,14-;/m1./s1. The SMILES string of the molecule is CCOCC(=O)N[C@@H]1CS(=O)(=O)C[C@H]1n1ccnc1-c1cccnc1OC.O=CO. The molecule has 30 heavy (non-hydrogen) atoms. The van der Waals surface area contributed by atoms with E-state index in [1.807, 2.05) is 0 Å². The largest absolute Gasteiger partial charge is 0.483 e. The van der Waals surface area contributed by atoms with Crippen molar-refractivity contribution >= 4 is 22.2 Å². The van der Waals surface area contributed by atoms with Gasteiger partial charge in [0.15, 0.2) is 9.84 Å². The molecule has 1 amide bonds. The van der Waals surface area contributed by atoms with Gasteiger partial charge in [-0.1, -0.05) is 0 Å². The van der Waals surface area contributed by atoms with Gasteiger partial charge < -0.3 is 24.5 Å². The van der Waals surface area contributed by atoms with Crippen molar-refractivity contribution in [3.63, 3.8) is 0 Å². The predicted octanol–water partition coefficient (Wildman–Crippen LogP) is 0.145. The molecule has 0 radical (unpaired) electrons. The number of nitrogens with zero attached hydrogens (tertiary/aromatic N) is 3. The van der Waals surface area contributed by atoms with Crippen molar-refractivity contribution in [2.45, 2.75) is 19.0 Å². The highest BCUT2D eigenvalue weighted by molar-refractivity contribution is 7.91. The van der Waals surface area contributed by atoms with E-state index in [1.54, 1.807) is 42.2 Å². The lowest BCUT2D eigenvalue weighted by molar-refractivity contribution is -0.126. The summed E-state index contributed by atoms with van der Waals surface area (Å²) in [7, 11) is -1.79. The van der Waals surface area contributed by atoms with Crippen LogP contribution in [0, 0.1) is 0 Å². The summed E-state index contributed by atoms with van der Waals surface area (Å²) in [6.07, 6.45) is 4.90. The first-order valence-corrected chi connectivity index (χ1v) is 10.9. The van der Waals surface area contributed by atoms with Gasteiger partial charge in [0.1, 0.15) is 12.4 Å². The Kier molecular flexibility index (Phi) is 8.30. The minimum absolute atomic E-state index is 0.0848. The van der Waals surface area contributed by atoms with Crippen molar-refractivity contribution in [2.75, 3.05) is 31.8 Å². The first-order chi connectivity index (χ1) is 14.4. The Hall–Kier alpha value is -2.99. The van der Waals surface area contributed by atoms with Crippen LogP contribution in [0.4, 0.5) is 0 Å². The Bertz CT molecular complexity index is 961. The summed E-state index contributed by atoms with van der Waals surface area (Å²) in [5.74, 6) is 0.369. The molecule has 3 rings (SSSR count). The number of rotatable bonds is 7. The van der Waals surface area contributed by atoms with Crippen LogP contribution in [0.3, 0.4) is 0 Å². The lowest BCUT2D eigenvalue weighted by Gasteiger charge is -2.23. The molecule has 2 N–H and O–H groups in total. The Morgan fingerprint density at radius 3 is 2.77 bits per heavy atom. The number of carbonyl (C=O) groups is 2. The molecule has 11 nitrogen and oxygen atoms in total. The van der Waals surface area contributed by atoms with Crippen LogP contribution in [0.1, 0.15) is 13.0 Å². The number of carboxylic acid groups (broad SMARTS) is 1. The van der Waals surface area contributed by atoms with Gasteiger partial charge in [0, 0.05) is 25.2 Å². The average molecular weight is 440 g/mol. The number of amides is 1. The van der Waals surface area contributed by atoms with E-state index >= 15 is 0 Å². The molecule has 1 fully saturated rings. The highest BCUT2D eigenvalue weighted by Gasteiger charge is 2.40. The van der Waals surface area contributed by atoms with E-state index in [4.69, 9.17) is 19.4 Å². The number of hydrogen-bond acceptors (Lipinski definition) is 8. The third kappa shape index (κ3) is 5.76. The van der Waals surface area contributed by atoms with Crippen molar-refractivity contribution in [1.29, 1.82) is 0 Å². The number of nitrogens with one attached hydrogen (secondary N) is 1. The molecule has 2 atom stereocenters. The monoisotopic (exact) mass is 440 g/mol. The van der Waals surface area contributed by atoms with Gasteiger partial charge in [-0.05, 0) is 19.1 Å².